The lowest BCUT2D eigenvalue weighted by Crippen LogP contribution is -1.72. The van der Waals surface area contributed by atoms with Crippen LogP contribution in [0.2, 0.25) is 0 Å². The van der Waals surface area contributed by atoms with Crippen molar-refractivity contribution in [1.82, 2.24) is 10.3 Å². The Morgan fingerprint density at radius 3 is 2.60 bits per heavy atom. The zero-order valence-electron chi connectivity index (χ0n) is 5.01. The van der Waals surface area contributed by atoms with Gasteiger partial charge in [-0.3, -0.25) is 0 Å². The third kappa shape index (κ3) is 1.68. The molecule has 6 heteroatoms. The van der Waals surface area contributed by atoms with Gasteiger partial charge < -0.3 is 0 Å². The van der Waals surface area contributed by atoms with E-state index in [2.05, 4.69) is 19.9 Å². The fourth-order valence-electron chi connectivity index (χ4n) is 0.409. The molecule has 0 spiro atoms. The molecule has 0 unspecified atom stereocenters. The Bertz CT molecular complexity index is 253. The van der Waals surface area contributed by atoms with Gasteiger partial charge in [0.25, 0.3) is 0 Å². The van der Waals surface area contributed by atoms with E-state index in [1.54, 1.807) is 6.92 Å². The largest absolute Gasteiger partial charge is 0.242 e. The monoisotopic (exact) mass is 179 g/mol. The van der Waals surface area contributed by atoms with E-state index < -0.39 is 0 Å². The van der Waals surface area contributed by atoms with Crippen molar-refractivity contribution in [3.63, 3.8) is 0 Å². The quantitative estimate of drug-likeness (QED) is 0.619. The maximum atomic E-state index is 5.25. The van der Waals surface area contributed by atoms with Gasteiger partial charge in [0.15, 0.2) is 4.63 Å². The Morgan fingerprint density at radius 2 is 2.20 bits per heavy atom. The van der Waals surface area contributed by atoms with Gasteiger partial charge in [-0.2, -0.15) is 4.99 Å². The van der Waals surface area contributed by atoms with Gasteiger partial charge in [-0.1, -0.05) is 5.16 Å². The molecule has 4 nitrogen and oxygen atoms in total. The Hall–Kier alpha value is -0.610. The van der Waals surface area contributed by atoms with E-state index in [0.717, 1.165) is 0 Å². The predicted molar refractivity (Wildman–Crippen MR) is 37.8 cm³/mol. The van der Waals surface area contributed by atoms with Crippen molar-refractivity contribution in [3.05, 3.63) is 5.69 Å². The summed E-state index contributed by atoms with van der Waals surface area (Å²) in [4.78, 5) is 3.60. The molecule has 0 saturated heterocycles. The van der Waals surface area contributed by atoms with Gasteiger partial charge in [-0.25, -0.2) is 4.63 Å². The van der Waals surface area contributed by atoms with Gasteiger partial charge >= 0.3 is 0 Å². The van der Waals surface area contributed by atoms with E-state index in [0.29, 0.717) is 11.5 Å². The second-order valence-electron chi connectivity index (χ2n) is 1.53. The Labute approximate surface area is 66.8 Å². The van der Waals surface area contributed by atoms with Gasteiger partial charge in [0, 0.05) is 0 Å². The molecule has 0 atom stereocenters. The summed E-state index contributed by atoms with van der Waals surface area (Å²) in [6.45, 7) is 1.69. The maximum absolute atomic E-state index is 5.25. The summed E-state index contributed by atoms with van der Waals surface area (Å²) in [6.07, 6.45) is 0. The number of aromatic nitrogens is 2. The standard InChI is InChI=1S/C4H3Cl2N3O/c1-2-3(7-4(5)6)9-10-8-2/h1H3. The van der Waals surface area contributed by atoms with Crippen molar-refractivity contribution in [2.24, 2.45) is 4.99 Å². The highest BCUT2D eigenvalue weighted by Crippen LogP contribution is 2.13. The lowest BCUT2D eigenvalue weighted by atomic mass is 10.5. The smallest absolute Gasteiger partial charge is 0.221 e. The Morgan fingerprint density at radius 1 is 1.50 bits per heavy atom. The fraction of sp³-hybridized carbons (Fsp3) is 0.250. The Balaban J connectivity index is 2.95. The molecular weight excluding hydrogens is 177 g/mol. The summed E-state index contributed by atoms with van der Waals surface area (Å²) >= 11 is 10.5. The number of hydrogen-bond acceptors (Lipinski definition) is 4. The molecule has 0 radical (unpaired) electrons. The van der Waals surface area contributed by atoms with Crippen molar-refractivity contribution in [1.29, 1.82) is 0 Å². The number of aliphatic imine (C=N–C) groups is 1. The van der Waals surface area contributed by atoms with Crippen molar-refractivity contribution < 1.29 is 4.63 Å². The van der Waals surface area contributed by atoms with E-state index in [1.165, 1.54) is 0 Å². The highest BCUT2D eigenvalue weighted by Gasteiger charge is 2.02. The molecule has 1 heterocycles. The third-order valence-corrected chi connectivity index (χ3v) is 0.988. The number of aryl methyl sites for hydroxylation is 1. The van der Waals surface area contributed by atoms with Crippen LogP contribution in [0.5, 0.6) is 0 Å². The minimum Gasteiger partial charge on any atom is -0.242 e. The molecule has 1 rings (SSSR count). The van der Waals surface area contributed by atoms with Crippen LogP contribution in [0.25, 0.3) is 0 Å². The number of nitrogens with zero attached hydrogens (tertiary/aromatic N) is 3. The zero-order chi connectivity index (χ0) is 7.56. The van der Waals surface area contributed by atoms with Crippen LogP contribution in [0, 0.1) is 6.92 Å². The molecule has 54 valence electrons. The summed E-state index contributed by atoms with van der Waals surface area (Å²) < 4.78 is 4.21. The molecule has 0 saturated carbocycles. The maximum Gasteiger partial charge on any atom is 0.221 e. The average Bonchev–Trinajstić information content (AvgIpc) is 2.15. The third-order valence-electron chi connectivity index (χ3n) is 0.819. The summed E-state index contributed by atoms with van der Waals surface area (Å²) in [5.74, 6) is 0.306. The van der Waals surface area contributed by atoms with E-state index in [-0.39, 0.29) is 4.63 Å². The van der Waals surface area contributed by atoms with Crippen molar-refractivity contribution >= 4 is 33.6 Å². The van der Waals surface area contributed by atoms with Gasteiger partial charge in [0.05, 0.1) is 0 Å². The first kappa shape index (κ1) is 7.50. The zero-order valence-corrected chi connectivity index (χ0v) is 6.52. The number of rotatable bonds is 1. The summed E-state index contributed by atoms with van der Waals surface area (Å²) in [5, 5.41) is 6.87. The molecule has 0 aromatic carbocycles. The molecule has 1 aromatic heterocycles. The van der Waals surface area contributed by atoms with Crippen LogP contribution >= 0.6 is 23.2 Å². The van der Waals surface area contributed by atoms with Crippen LogP contribution in [-0.4, -0.2) is 14.9 Å². The molecule has 10 heavy (non-hydrogen) atoms. The molecule has 0 aliphatic heterocycles. The molecule has 1 aromatic rings. The van der Waals surface area contributed by atoms with Gasteiger partial charge in [-0.15, -0.1) is 0 Å². The second kappa shape index (κ2) is 2.98. The SMILES string of the molecule is Cc1nonc1N=C(Cl)Cl. The van der Waals surface area contributed by atoms with Crippen molar-refractivity contribution in [2.75, 3.05) is 0 Å². The molecule has 0 amide bonds. The molecule has 0 N–H and O–H groups in total. The lowest BCUT2D eigenvalue weighted by Gasteiger charge is -1.80. The van der Waals surface area contributed by atoms with E-state index >= 15 is 0 Å². The van der Waals surface area contributed by atoms with Crippen molar-refractivity contribution in [2.45, 2.75) is 6.92 Å². The number of hydrogen-bond donors (Lipinski definition) is 0. The molecule has 0 aliphatic rings. The lowest BCUT2D eigenvalue weighted by molar-refractivity contribution is 0.306. The molecular formula is C4H3Cl2N3O. The normalized spacial score (nSPS) is 9.50. The van der Waals surface area contributed by atoms with Crippen LogP contribution < -0.4 is 0 Å². The predicted octanol–water partition coefficient (Wildman–Crippen LogP) is 1.84. The highest BCUT2D eigenvalue weighted by atomic mass is 35.5. The van der Waals surface area contributed by atoms with E-state index in [9.17, 15) is 0 Å². The summed E-state index contributed by atoms with van der Waals surface area (Å²) in [6, 6.07) is 0. The van der Waals surface area contributed by atoms with Gasteiger partial charge in [0.1, 0.15) is 5.69 Å². The fourth-order valence-corrected chi connectivity index (χ4v) is 0.569. The molecule has 0 aliphatic carbocycles. The van der Waals surface area contributed by atoms with E-state index in [1.807, 2.05) is 0 Å². The highest BCUT2D eigenvalue weighted by molar-refractivity contribution is 6.95. The minimum absolute atomic E-state index is 0.112. The van der Waals surface area contributed by atoms with Crippen LogP contribution in [-0.2, 0) is 0 Å². The molecule has 0 fully saturated rings. The van der Waals surface area contributed by atoms with Gasteiger partial charge in [0.2, 0.25) is 5.82 Å². The number of halogens is 2. The van der Waals surface area contributed by atoms with Crippen molar-refractivity contribution in [3.8, 4) is 0 Å². The first-order chi connectivity index (χ1) is 4.70. The van der Waals surface area contributed by atoms with Crippen LogP contribution in [0.3, 0.4) is 0 Å². The second-order valence-corrected chi connectivity index (χ2v) is 2.43. The summed E-state index contributed by atoms with van der Waals surface area (Å²) in [7, 11) is 0. The first-order valence-corrected chi connectivity index (χ1v) is 3.14. The minimum atomic E-state index is -0.112. The van der Waals surface area contributed by atoms with Crippen LogP contribution in [0.1, 0.15) is 5.69 Å². The van der Waals surface area contributed by atoms with E-state index in [4.69, 9.17) is 23.2 Å². The van der Waals surface area contributed by atoms with Crippen LogP contribution in [0.15, 0.2) is 9.62 Å². The van der Waals surface area contributed by atoms with Crippen LogP contribution in [0.4, 0.5) is 5.82 Å². The average molecular weight is 180 g/mol. The Kier molecular flexibility index (Phi) is 2.24. The summed E-state index contributed by atoms with van der Waals surface area (Å²) in [5.41, 5.74) is 0.554. The molecule has 0 bridgehead atoms. The first-order valence-electron chi connectivity index (χ1n) is 2.39. The van der Waals surface area contributed by atoms with Gasteiger partial charge in [-0.05, 0) is 35.3 Å². The topological polar surface area (TPSA) is 51.3 Å².